The Labute approximate surface area is 157 Å². The molecule has 146 valence electrons. The summed E-state index contributed by atoms with van der Waals surface area (Å²) in [6, 6.07) is 8.49. The predicted molar refractivity (Wildman–Crippen MR) is 105 cm³/mol. The van der Waals surface area contributed by atoms with Gasteiger partial charge < -0.3 is 24.8 Å². The van der Waals surface area contributed by atoms with Crippen molar-refractivity contribution in [1.82, 2.24) is 10.6 Å². The second kappa shape index (κ2) is 11.0. The van der Waals surface area contributed by atoms with E-state index in [1.165, 1.54) is 5.56 Å². The van der Waals surface area contributed by atoms with E-state index in [-0.39, 0.29) is 5.41 Å². The Hall–Kier alpha value is -1.79. The summed E-state index contributed by atoms with van der Waals surface area (Å²) in [5.74, 6) is 1.72. The maximum absolute atomic E-state index is 5.62. The quantitative estimate of drug-likeness (QED) is 0.401. The van der Waals surface area contributed by atoms with Crippen molar-refractivity contribution in [1.29, 1.82) is 0 Å². The average Bonchev–Trinajstić information content (AvgIpc) is 2.69. The zero-order chi connectivity index (χ0) is 18.7. The number of nitrogens with one attached hydrogen (secondary N) is 2. The summed E-state index contributed by atoms with van der Waals surface area (Å²) in [7, 11) is 1.80. The molecule has 0 bridgehead atoms. The monoisotopic (exact) mass is 363 g/mol. The Morgan fingerprint density at radius 3 is 2.46 bits per heavy atom. The first-order valence-electron chi connectivity index (χ1n) is 9.57. The van der Waals surface area contributed by atoms with Crippen LogP contribution >= 0.6 is 0 Å². The zero-order valence-corrected chi connectivity index (χ0v) is 16.3. The van der Waals surface area contributed by atoms with Crippen LogP contribution in [0.2, 0.25) is 0 Å². The van der Waals surface area contributed by atoms with Crippen molar-refractivity contribution in [2.75, 3.05) is 53.2 Å². The topological polar surface area (TPSA) is 64.1 Å². The summed E-state index contributed by atoms with van der Waals surface area (Å²) in [6.45, 7) is 9.22. The number of hydrogen-bond acceptors (Lipinski definition) is 4. The molecule has 2 N–H and O–H groups in total. The minimum absolute atomic E-state index is 0.0422. The molecule has 1 aliphatic heterocycles. The van der Waals surface area contributed by atoms with Crippen LogP contribution in [0.25, 0.3) is 0 Å². The van der Waals surface area contributed by atoms with Gasteiger partial charge >= 0.3 is 0 Å². The molecule has 0 saturated carbocycles. The molecule has 0 unspecified atom stereocenters. The first kappa shape index (κ1) is 20.5. The minimum Gasteiger partial charge on any atom is -0.494 e. The summed E-state index contributed by atoms with van der Waals surface area (Å²) in [5, 5.41) is 6.79. The molecule has 1 fully saturated rings. The Balaban J connectivity index is 2.01. The van der Waals surface area contributed by atoms with Gasteiger partial charge in [-0.05, 0) is 44.4 Å². The van der Waals surface area contributed by atoms with Gasteiger partial charge in [-0.2, -0.15) is 0 Å². The molecule has 0 aromatic heterocycles. The van der Waals surface area contributed by atoms with Crippen LogP contribution in [-0.2, 0) is 14.9 Å². The highest BCUT2D eigenvalue weighted by Crippen LogP contribution is 2.35. The zero-order valence-electron chi connectivity index (χ0n) is 16.3. The third-order valence-corrected chi connectivity index (χ3v) is 4.79. The summed E-state index contributed by atoms with van der Waals surface area (Å²) in [6.07, 6.45) is 1.98. The van der Waals surface area contributed by atoms with Gasteiger partial charge in [0.05, 0.1) is 13.2 Å². The number of guanidine groups is 1. The molecule has 6 heteroatoms. The van der Waals surface area contributed by atoms with E-state index in [1.807, 2.05) is 13.8 Å². The fraction of sp³-hybridized carbons (Fsp3) is 0.650. The maximum atomic E-state index is 5.62. The minimum atomic E-state index is 0.0422. The predicted octanol–water partition coefficient (Wildman–Crippen LogP) is 2.33. The lowest BCUT2D eigenvalue weighted by atomic mass is 9.74. The maximum Gasteiger partial charge on any atom is 0.191 e. The number of nitrogens with zero attached hydrogens (tertiary/aromatic N) is 1. The Bertz CT molecular complexity index is 540. The van der Waals surface area contributed by atoms with Gasteiger partial charge in [-0.15, -0.1) is 0 Å². The second-order valence-electron chi connectivity index (χ2n) is 6.40. The standard InChI is InChI=1S/C20H33N3O3/c1-4-24-15-12-22-19(21-3)23-16-20(10-13-25-14-11-20)17-6-8-18(9-7-17)26-5-2/h6-9H,4-5,10-16H2,1-3H3,(H2,21,22,23). The lowest BCUT2D eigenvalue weighted by Crippen LogP contribution is -2.48. The van der Waals surface area contributed by atoms with E-state index in [0.29, 0.717) is 13.2 Å². The lowest BCUT2D eigenvalue weighted by Gasteiger charge is -2.38. The summed E-state index contributed by atoms with van der Waals surface area (Å²) >= 11 is 0. The number of benzene rings is 1. The van der Waals surface area contributed by atoms with Gasteiger partial charge in [-0.25, -0.2) is 0 Å². The molecule has 1 aromatic carbocycles. The largest absolute Gasteiger partial charge is 0.494 e. The number of ether oxygens (including phenoxy) is 3. The highest BCUT2D eigenvalue weighted by atomic mass is 16.5. The van der Waals surface area contributed by atoms with E-state index in [1.54, 1.807) is 7.05 Å². The lowest BCUT2D eigenvalue weighted by molar-refractivity contribution is 0.0513. The molecule has 6 nitrogen and oxygen atoms in total. The number of rotatable bonds is 9. The molecule has 26 heavy (non-hydrogen) atoms. The molecule has 0 aliphatic carbocycles. The van der Waals surface area contributed by atoms with Gasteiger partial charge in [0.2, 0.25) is 0 Å². The molecule has 1 heterocycles. The molecule has 2 rings (SSSR count). The van der Waals surface area contributed by atoms with Crippen molar-refractivity contribution >= 4 is 5.96 Å². The fourth-order valence-electron chi connectivity index (χ4n) is 3.26. The van der Waals surface area contributed by atoms with Crippen LogP contribution in [0.4, 0.5) is 0 Å². The normalized spacial score (nSPS) is 17.0. The van der Waals surface area contributed by atoms with E-state index in [4.69, 9.17) is 14.2 Å². The number of aliphatic imine (C=N–C) groups is 1. The van der Waals surface area contributed by atoms with Gasteiger partial charge in [-0.3, -0.25) is 4.99 Å². The van der Waals surface area contributed by atoms with E-state index in [2.05, 4.69) is 39.9 Å². The van der Waals surface area contributed by atoms with Crippen LogP contribution < -0.4 is 15.4 Å². The molecule has 1 aliphatic rings. The Kier molecular flexibility index (Phi) is 8.71. The first-order valence-corrected chi connectivity index (χ1v) is 9.57. The van der Waals surface area contributed by atoms with Crippen LogP contribution in [0.15, 0.2) is 29.3 Å². The van der Waals surface area contributed by atoms with Gasteiger partial charge in [0.15, 0.2) is 5.96 Å². The van der Waals surface area contributed by atoms with Gasteiger partial charge in [-0.1, -0.05) is 12.1 Å². The van der Waals surface area contributed by atoms with E-state index >= 15 is 0 Å². The molecular weight excluding hydrogens is 330 g/mol. The highest BCUT2D eigenvalue weighted by molar-refractivity contribution is 5.79. The SMILES string of the molecule is CCOCCNC(=NC)NCC1(c2ccc(OCC)cc2)CCOCC1. The van der Waals surface area contributed by atoms with Gasteiger partial charge in [0, 0.05) is 45.4 Å². The van der Waals surface area contributed by atoms with Crippen LogP contribution in [0.5, 0.6) is 5.75 Å². The van der Waals surface area contributed by atoms with Crippen molar-refractivity contribution in [3.63, 3.8) is 0 Å². The first-order chi connectivity index (χ1) is 12.7. The Morgan fingerprint density at radius 2 is 1.85 bits per heavy atom. The molecule has 0 spiro atoms. The van der Waals surface area contributed by atoms with Crippen LogP contribution in [0, 0.1) is 0 Å². The summed E-state index contributed by atoms with van der Waals surface area (Å²) < 4.78 is 16.6. The van der Waals surface area contributed by atoms with Crippen molar-refractivity contribution in [3.05, 3.63) is 29.8 Å². The van der Waals surface area contributed by atoms with Gasteiger partial charge in [0.25, 0.3) is 0 Å². The molecular formula is C20H33N3O3. The van der Waals surface area contributed by atoms with E-state index in [0.717, 1.165) is 57.5 Å². The summed E-state index contributed by atoms with van der Waals surface area (Å²) in [4.78, 5) is 4.32. The van der Waals surface area contributed by atoms with Crippen molar-refractivity contribution in [2.24, 2.45) is 4.99 Å². The fourth-order valence-corrected chi connectivity index (χ4v) is 3.26. The molecule has 1 saturated heterocycles. The van der Waals surface area contributed by atoms with Crippen LogP contribution in [-0.4, -0.2) is 59.1 Å². The molecule has 0 atom stereocenters. The Morgan fingerprint density at radius 1 is 1.12 bits per heavy atom. The van der Waals surface area contributed by atoms with E-state index < -0.39 is 0 Å². The third kappa shape index (κ3) is 5.88. The van der Waals surface area contributed by atoms with Crippen molar-refractivity contribution in [2.45, 2.75) is 32.1 Å². The van der Waals surface area contributed by atoms with Crippen molar-refractivity contribution in [3.8, 4) is 5.75 Å². The third-order valence-electron chi connectivity index (χ3n) is 4.79. The van der Waals surface area contributed by atoms with Crippen LogP contribution in [0.1, 0.15) is 32.3 Å². The van der Waals surface area contributed by atoms with Crippen LogP contribution in [0.3, 0.4) is 0 Å². The van der Waals surface area contributed by atoms with Gasteiger partial charge in [0.1, 0.15) is 5.75 Å². The van der Waals surface area contributed by atoms with E-state index in [9.17, 15) is 0 Å². The average molecular weight is 364 g/mol. The molecule has 0 amide bonds. The number of hydrogen-bond donors (Lipinski definition) is 2. The smallest absolute Gasteiger partial charge is 0.191 e. The highest BCUT2D eigenvalue weighted by Gasteiger charge is 2.34. The summed E-state index contributed by atoms with van der Waals surface area (Å²) in [5.41, 5.74) is 1.36. The molecule has 1 aromatic rings. The molecule has 0 radical (unpaired) electrons. The second-order valence-corrected chi connectivity index (χ2v) is 6.40. The van der Waals surface area contributed by atoms with Crippen molar-refractivity contribution < 1.29 is 14.2 Å².